The van der Waals surface area contributed by atoms with E-state index in [9.17, 15) is 22.8 Å². The highest BCUT2D eigenvalue weighted by Gasteiger charge is 2.41. The minimum atomic E-state index is -4.90. The molecule has 1 saturated heterocycles. The molecule has 0 aliphatic carbocycles. The summed E-state index contributed by atoms with van der Waals surface area (Å²) in [6, 6.07) is 15.2. The molecule has 40 heavy (non-hydrogen) atoms. The van der Waals surface area contributed by atoms with Crippen LogP contribution >= 0.6 is 23.2 Å². The average molecular weight is 593 g/mol. The lowest BCUT2D eigenvalue weighted by atomic mass is 9.93. The van der Waals surface area contributed by atoms with Gasteiger partial charge in [0.1, 0.15) is 5.75 Å². The smallest absolute Gasteiger partial charge is 0.406 e. The number of rotatable bonds is 6. The highest BCUT2D eigenvalue weighted by Crippen LogP contribution is 2.36. The predicted octanol–water partition coefficient (Wildman–Crippen LogP) is 6.69. The van der Waals surface area contributed by atoms with E-state index in [2.05, 4.69) is 10.2 Å². The maximum absolute atomic E-state index is 13.6. The van der Waals surface area contributed by atoms with Gasteiger partial charge in [0, 0.05) is 44.9 Å². The van der Waals surface area contributed by atoms with E-state index in [1.807, 2.05) is 0 Å². The first-order chi connectivity index (χ1) is 18.9. The van der Waals surface area contributed by atoms with Crippen LogP contribution < -0.4 is 10.2 Å². The molecule has 0 bridgehead atoms. The number of nitrogens with one attached hydrogen (secondary N) is 1. The summed E-state index contributed by atoms with van der Waals surface area (Å²) in [6.45, 7) is 3.20. The molecule has 5 rings (SSSR count). The number of aromatic nitrogens is 1. The van der Waals surface area contributed by atoms with Gasteiger partial charge in [-0.05, 0) is 67.9 Å². The fourth-order valence-corrected chi connectivity index (χ4v) is 5.14. The summed E-state index contributed by atoms with van der Waals surface area (Å²) in [5.74, 6) is -1.30. The maximum atomic E-state index is 13.6. The van der Waals surface area contributed by atoms with Crippen LogP contribution in [-0.2, 0) is 26.5 Å². The number of amides is 1. The van der Waals surface area contributed by atoms with E-state index in [4.69, 9.17) is 32.8 Å². The number of halogens is 5. The lowest BCUT2D eigenvalue weighted by molar-refractivity contribution is -0.274. The number of nitrogens with zero attached hydrogens (tertiary/aromatic N) is 1. The van der Waals surface area contributed by atoms with Crippen molar-refractivity contribution in [1.29, 1.82) is 0 Å². The van der Waals surface area contributed by atoms with Crippen LogP contribution in [-0.4, -0.2) is 29.4 Å². The van der Waals surface area contributed by atoms with E-state index in [1.54, 1.807) is 60.9 Å². The topological polar surface area (TPSA) is 78.8 Å². The normalized spacial score (nSPS) is 17.6. The summed E-state index contributed by atoms with van der Waals surface area (Å²) in [5, 5.41) is 1.18. The molecule has 1 aromatic heterocycles. The van der Waals surface area contributed by atoms with Crippen LogP contribution in [0.5, 0.6) is 5.75 Å². The van der Waals surface area contributed by atoms with Crippen LogP contribution in [0.25, 0.3) is 10.9 Å². The van der Waals surface area contributed by atoms with E-state index < -0.39 is 23.6 Å². The molecule has 3 aromatic carbocycles. The summed E-state index contributed by atoms with van der Waals surface area (Å²) >= 11 is 12.4. The summed E-state index contributed by atoms with van der Waals surface area (Å²) in [5.41, 5.74) is 3.42. The minimum Gasteiger partial charge on any atom is -0.406 e. The number of ketones is 1. The third kappa shape index (κ3) is 5.27. The van der Waals surface area contributed by atoms with E-state index >= 15 is 0 Å². The summed E-state index contributed by atoms with van der Waals surface area (Å²) < 4.78 is 50.5. The van der Waals surface area contributed by atoms with Crippen molar-refractivity contribution in [1.82, 2.24) is 10.0 Å². The van der Waals surface area contributed by atoms with Gasteiger partial charge in [0.25, 0.3) is 5.91 Å². The van der Waals surface area contributed by atoms with Crippen molar-refractivity contribution in [2.24, 2.45) is 0 Å². The molecule has 1 fully saturated rings. The van der Waals surface area contributed by atoms with Gasteiger partial charge in [0.2, 0.25) is 0 Å². The molecule has 208 valence electrons. The van der Waals surface area contributed by atoms with Crippen molar-refractivity contribution >= 4 is 45.8 Å². The van der Waals surface area contributed by atoms with Gasteiger partial charge >= 0.3 is 6.36 Å². The van der Waals surface area contributed by atoms with Crippen molar-refractivity contribution in [3.05, 3.63) is 98.7 Å². The molecular weight excluding hydrogens is 572 g/mol. The van der Waals surface area contributed by atoms with Gasteiger partial charge in [-0.1, -0.05) is 29.3 Å². The number of hydrogen-bond acceptors (Lipinski definition) is 5. The number of hydrogen-bond donors (Lipinski definition) is 1. The van der Waals surface area contributed by atoms with E-state index in [1.165, 1.54) is 18.2 Å². The minimum absolute atomic E-state index is 0.129. The lowest BCUT2D eigenvalue weighted by Gasteiger charge is -2.33. The molecule has 0 radical (unpaired) electrons. The monoisotopic (exact) mass is 592 g/mol. The average Bonchev–Trinajstić information content (AvgIpc) is 3.16. The van der Waals surface area contributed by atoms with Gasteiger partial charge in [-0.15, -0.1) is 13.2 Å². The molecule has 1 atom stereocenters. The molecule has 1 amide bonds. The number of carbonyl (C=O) groups is 2. The SMILES string of the molecule is Cc1c(C(=O)c2ccc(Cl)cc2)c2ccc(OC(F)(F)F)cc2n1Cc1ccc(Cl)c([C@]2(C)OCONC2=O)c1. The second kappa shape index (κ2) is 10.4. The fourth-order valence-electron chi connectivity index (χ4n) is 4.71. The van der Waals surface area contributed by atoms with Gasteiger partial charge in [-0.2, -0.15) is 0 Å². The largest absolute Gasteiger partial charge is 0.573 e. The highest BCUT2D eigenvalue weighted by atomic mass is 35.5. The number of hydroxylamine groups is 1. The Morgan fingerprint density at radius 2 is 1.82 bits per heavy atom. The van der Waals surface area contributed by atoms with Gasteiger partial charge in [-0.3, -0.25) is 9.59 Å². The van der Waals surface area contributed by atoms with Crippen molar-refractivity contribution in [2.45, 2.75) is 32.4 Å². The summed E-state index contributed by atoms with van der Waals surface area (Å²) in [4.78, 5) is 31.0. The molecule has 7 nitrogen and oxygen atoms in total. The molecule has 0 unspecified atom stereocenters. The number of fused-ring (bicyclic) bond motifs is 1. The predicted molar refractivity (Wildman–Crippen MR) is 141 cm³/mol. The Kier molecular flexibility index (Phi) is 7.30. The second-order valence-electron chi connectivity index (χ2n) is 9.29. The lowest BCUT2D eigenvalue weighted by Crippen LogP contribution is -2.49. The number of benzene rings is 3. The van der Waals surface area contributed by atoms with Crippen molar-refractivity contribution in [2.75, 3.05) is 6.79 Å². The van der Waals surface area contributed by atoms with Gasteiger partial charge in [-0.25, -0.2) is 10.3 Å². The van der Waals surface area contributed by atoms with Crippen LogP contribution in [0.2, 0.25) is 10.0 Å². The van der Waals surface area contributed by atoms with Crippen LogP contribution in [0.4, 0.5) is 13.2 Å². The quantitative estimate of drug-likeness (QED) is 0.252. The van der Waals surface area contributed by atoms with Crippen molar-refractivity contribution in [3.8, 4) is 5.75 Å². The van der Waals surface area contributed by atoms with E-state index in [0.29, 0.717) is 43.9 Å². The Morgan fingerprint density at radius 3 is 2.50 bits per heavy atom. The fraction of sp³-hybridized carbons (Fsp3) is 0.214. The van der Waals surface area contributed by atoms with Crippen molar-refractivity contribution < 1.29 is 37.1 Å². The Bertz CT molecular complexity index is 1640. The number of ether oxygens (including phenoxy) is 2. The number of alkyl halides is 3. The first kappa shape index (κ1) is 28.0. The first-order valence-electron chi connectivity index (χ1n) is 11.9. The Labute approximate surface area is 236 Å². The van der Waals surface area contributed by atoms with Crippen LogP contribution in [0.1, 0.15) is 39.7 Å². The summed E-state index contributed by atoms with van der Waals surface area (Å²) in [6.07, 6.45) is -4.90. The highest BCUT2D eigenvalue weighted by molar-refractivity contribution is 6.32. The van der Waals surface area contributed by atoms with Gasteiger partial charge in [0.15, 0.2) is 18.2 Å². The summed E-state index contributed by atoms with van der Waals surface area (Å²) in [7, 11) is 0. The van der Waals surface area contributed by atoms with Crippen molar-refractivity contribution in [3.63, 3.8) is 0 Å². The van der Waals surface area contributed by atoms with Gasteiger partial charge in [0.05, 0.1) is 11.1 Å². The molecule has 2 heterocycles. The maximum Gasteiger partial charge on any atom is 0.573 e. The zero-order chi connectivity index (χ0) is 28.8. The molecule has 0 spiro atoms. The molecule has 1 aliphatic heterocycles. The molecule has 12 heteroatoms. The van der Waals surface area contributed by atoms with Crippen LogP contribution in [0, 0.1) is 6.92 Å². The zero-order valence-corrected chi connectivity index (χ0v) is 22.6. The molecule has 0 saturated carbocycles. The molecule has 4 aromatic rings. The van der Waals surface area contributed by atoms with Crippen LogP contribution in [0.15, 0.2) is 60.7 Å². The second-order valence-corrected chi connectivity index (χ2v) is 10.1. The van der Waals surface area contributed by atoms with E-state index in [-0.39, 0.29) is 24.1 Å². The Balaban J connectivity index is 1.63. The number of carbonyl (C=O) groups excluding carboxylic acids is 2. The first-order valence-corrected chi connectivity index (χ1v) is 12.7. The standard InChI is InChI=1S/C28H21Cl2F3N2O5/c1-15-24(25(36)17-4-6-18(29)7-5-17)20-9-8-19(40-28(31,32)33)12-23(20)35(15)13-16-3-10-22(30)21(11-16)27(2)26(37)34-39-14-38-27/h3-12H,13-14H2,1-2H3,(H,34,37)/t27-/m0/s1. The third-order valence-electron chi connectivity index (χ3n) is 6.75. The molecule has 1 aliphatic rings. The molecular formula is C28H21Cl2F3N2O5. The molecule has 1 N–H and O–H groups in total. The third-order valence-corrected chi connectivity index (χ3v) is 7.33. The van der Waals surface area contributed by atoms with Crippen LogP contribution in [0.3, 0.4) is 0 Å². The van der Waals surface area contributed by atoms with E-state index in [0.717, 1.165) is 0 Å². The Morgan fingerprint density at radius 1 is 1.10 bits per heavy atom. The zero-order valence-electron chi connectivity index (χ0n) is 21.1. The Hall–Kier alpha value is -3.57. The van der Waals surface area contributed by atoms with Gasteiger partial charge < -0.3 is 14.0 Å².